The van der Waals surface area contributed by atoms with Crippen LogP contribution in [0.5, 0.6) is 0 Å². The lowest BCUT2D eigenvalue weighted by molar-refractivity contribution is -0.105. The van der Waals surface area contributed by atoms with Gasteiger partial charge < -0.3 is 20.3 Å². The third kappa shape index (κ3) is 16.6. The average Bonchev–Trinajstić information content (AvgIpc) is 3.68. The highest BCUT2D eigenvalue weighted by Gasteiger charge is 2.21. The van der Waals surface area contributed by atoms with Gasteiger partial charge in [0.05, 0.1) is 11.9 Å². The second-order valence-electron chi connectivity index (χ2n) is 9.17. The topological polar surface area (TPSA) is 110 Å². The fraction of sp³-hybridized carbons (Fsp3) is 0.517. The van der Waals surface area contributed by atoms with Crippen LogP contribution in [0, 0.1) is 6.92 Å². The largest absolute Gasteiger partial charge is 0.348 e. The van der Waals surface area contributed by atoms with Crippen molar-refractivity contribution in [1.82, 2.24) is 25.3 Å². The first kappa shape index (κ1) is 38.6. The molecule has 12 heteroatoms. The number of benzene rings is 1. The molecule has 0 unspecified atom stereocenters. The smallest absolute Gasteiger partial charge is 0.271 e. The zero-order valence-corrected chi connectivity index (χ0v) is 27.1. The van der Waals surface area contributed by atoms with Crippen LogP contribution in [0.3, 0.4) is 0 Å². The Kier molecular flexibility index (Phi) is 22.8. The molecule has 230 valence electrons. The number of carbonyl (C=O) groups is 3. The van der Waals surface area contributed by atoms with Gasteiger partial charge in [-0.3, -0.25) is 19.6 Å². The van der Waals surface area contributed by atoms with Gasteiger partial charge >= 0.3 is 0 Å². The van der Waals surface area contributed by atoms with Crippen LogP contribution in [0.1, 0.15) is 55.6 Å². The quantitative estimate of drug-likeness (QED) is 0.258. The molecule has 0 aliphatic carbocycles. The maximum absolute atomic E-state index is 12.0. The number of H-pyrrole nitrogens is 1. The Morgan fingerprint density at radius 1 is 1.20 bits per heavy atom. The normalized spacial score (nSPS) is 14.8. The maximum atomic E-state index is 12.0. The summed E-state index contributed by atoms with van der Waals surface area (Å²) in [6.45, 7) is 16.2. The Bertz CT molecular complexity index is 976. The maximum Gasteiger partial charge on any atom is 0.271 e. The van der Waals surface area contributed by atoms with Crippen LogP contribution in [0.25, 0.3) is 0 Å². The van der Waals surface area contributed by atoms with E-state index in [1.165, 1.54) is 37.3 Å². The van der Waals surface area contributed by atoms with E-state index in [0.29, 0.717) is 17.8 Å². The minimum Gasteiger partial charge on any atom is -0.348 e. The van der Waals surface area contributed by atoms with Crippen molar-refractivity contribution < 1.29 is 14.4 Å². The molecule has 0 saturated carbocycles. The fourth-order valence-electron chi connectivity index (χ4n) is 3.57. The second-order valence-corrected chi connectivity index (χ2v) is 11.1. The number of piperidine rings is 1. The molecule has 0 radical (unpaired) electrons. The van der Waals surface area contributed by atoms with E-state index >= 15 is 0 Å². The number of nitrogens with zero attached hydrogens (tertiary/aromatic N) is 3. The van der Waals surface area contributed by atoms with Crippen LogP contribution in [0.15, 0.2) is 37.1 Å². The summed E-state index contributed by atoms with van der Waals surface area (Å²) >= 11 is 13.5. The standard InChI is InChI=1S/C11H17N5O2.C7H6Cl2.C6H13NS.C4H8.CH2O/c1-16-4-2-8(3-5-16)14-11(18)10-9(12-7-17)6-13-15-10;1-5-6(8)3-2-4-7(5)9;1-2-3-7-4-5-8-6-7;1-3-4-2;1-2/h6-8H,2-5H2,1H3,(H,12,17)(H,13,15)(H,14,18);2-4H,1H3;2-6H2,1H3;3H,1,4H2,2H3;1H2. The van der Waals surface area contributed by atoms with Gasteiger partial charge in [-0.25, -0.2) is 0 Å². The van der Waals surface area contributed by atoms with E-state index < -0.39 is 0 Å². The lowest BCUT2D eigenvalue weighted by Gasteiger charge is -2.29. The zero-order chi connectivity index (χ0) is 31.0. The third-order valence-electron chi connectivity index (χ3n) is 5.99. The molecule has 0 atom stereocenters. The Balaban J connectivity index is 0.000000583. The van der Waals surface area contributed by atoms with Crippen molar-refractivity contribution in [3.05, 3.63) is 58.4 Å². The molecule has 2 aliphatic rings. The number of carbonyl (C=O) groups excluding carboxylic acids is 3. The number of hydrogen-bond acceptors (Lipinski definition) is 7. The summed E-state index contributed by atoms with van der Waals surface area (Å²) < 4.78 is 0. The van der Waals surface area contributed by atoms with Crippen molar-refractivity contribution in [2.24, 2.45) is 0 Å². The Morgan fingerprint density at radius 2 is 1.80 bits per heavy atom. The second kappa shape index (κ2) is 24.2. The van der Waals surface area contributed by atoms with Gasteiger partial charge in [-0.1, -0.05) is 49.2 Å². The summed E-state index contributed by atoms with van der Waals surface area (Å²) in [7, 11) is 2.07. The molecule has 3 heterocycles. The van der Waals surface area contributed by atoms with Crippen LogP contribution in [-0.4, -0.2) is 90.0 Å². The number of allylic oxidation sites excluding steroid dienone is 1. The van der Waals surface area contributed by atoms with Crippen molar-refractivity contribution in [3.63, 3.8) is 0 Å². The van der Waals surface area contributed by atoms with E-state index in [4.69, 9.17) is 28.0 Å². The van der Waals surface area contributed by atoms with Gasteiger partial charge in [-0.15, -0.1) is 18.3 Å². The van der Waals surface area contributed by atoms with Crippen molar-refractivity contribution in [2.75, 3.05) is 50.2 Å². The first-order valence-electron chi connectivity index (χ1n) is 13.6. The van der Waals surface area contributed by atoms with E-state index in [-0.39, 0.29) is 11.9 Å². The zero-order valence-electron chi connectivity index (χ0n) is 24.8. The lowest BCUT2D eigenvalue weighted by atomic mass is 10.1. The summed E-state index contributed by atoms with van der Waals surface area (Å²) in [5.41, 5.74) is 1.64. The van der Waals surface area contributed by atoms with Crippen molar-refractivity contribution in [1.29, 1.82) is 0 Å². The number of amides is 2. The van der Waals surface area contributed by atoms with Crippen molar-refractivity contribution in [3.8, 4) is 0 Å². The summed E-state index contributed by atoms with van der Waals surface area (Å²) in [4.78, 5) is 35.1. The first-order valence-corrected chi connectivity index (χ1v) is 15.5. The summed E-state index contributed by atoms with van der Waals surface area (Å²) in [6, 6.07) is 5.66. The van der Waals surface area contributed by atoms with Gasteiger partial charge in [0.25, 0.3) is 5.91 Å². The molecule has 41 heavy (non-hydrogen) atoms. The minimum absolute atomic E-state index is 0.182. The molecule has 1 aromatic carbocycles. The molecule has 3 N–H and O–H groups in total. The molecule has 4 rings (SSSR count). The summed E-state index contributed by atoms with van der Waals surface area (Å²) in [5, 5.41) is 13.2. The highest BCUT2D eigenvalue weighted by molar-refractivity contribution is 7.99. The average molecular weight is 630 g/mol. The molecule has 2 aliphatic heterocycles. The van der Waals surface area contributed by atoms with Gasteiger partial charge in [0.1, 0.15) is 12.5 Å². The van der Waals surface area contributed by atoms with Gasteiger partial charge in [0.15, 0.2) is 0 Å². The molecule has 1 aromatic heterocycles. The number of aromatic nitrogens is 2. The van der Waals surface area contributed by atoms with Gasteiger partial charge in [-0.05, 0) is 77.0 Å². The molecule has 0 spiro atoms. The van der Waals surface area contributed by atoms with Crippen molar-refractivity contribution in [2.45, 2.75) is 52.5 Å². The summed E-state index contributed by atoms with van der Waals surface area (Å²) in [6.07, 6.45) is 8.08. The molecule has 2 amide bonds. The number of thioether (sulfide) groups is 1. The van der Waals surface area contributed by atoms with E-state index in [0.717, 1.165) is 48.0 Å². The van der Waals surface area contributed by atoms with Crippen LogP contribution in [-0.2, 0) is 9.59 Å². The number of aromatic amines is 1. The predicted molar refractivity (Wildman–Crippen MR) is 174 cm³/mol. The molecule has 2 saturated heterocycles. The van der Waals surface area contributed by atoms with Gasteiger partial charge in [-0.2, -0.15) is 5.10 Å². The molecule has 0 bridgehead atoms. The number of hydrogen-bond donors (Lipinski definition) is 3. The molecular formula is C29H46Cl2N6O3S. The third-order valence-corrected chi connectivity index (χ3v) is 7.83. The summed E-state index contributed by atoms with van der Waals surface area (Å²) in [5.74, 6) is 2.39. The van der Waals surface area contributed by atoms with Crippen molar-refractivity contribution >= 4 is 59.8 Å². The number of anilines is 1. The van der Waals surface area contributed by atoms with Crippen LogP contribution in [0.4, 0.5) is 5.69 Å². The molecular weight excluding hydrogens is 583 g/mol. The SMILES string of the molecule is C=CCC.C=O.CCCN1CCSC1.CN1CCC(NC(=O)c2[nH]ncc2NC=O)CC1.Cc1c(Cl)cccc1Cl. The molecule has 9 nitrogen and oxygen atoms in total. The van der Waals surface area contributed by atoms with E-state index in [1.54, 1.807) is 0 Å². The van der Waals surface area contributed by atoms with Gasteiger partial charge in [0.2, 0.25) is 6.41 Å². The number of likely N-dealkylation sites (tertiary alicyclic amines) is 1. The predicted octanol–water partition coefficient (Wildman–Crippen LogP) is 5.90. The van der Waals surface area contributed by atoms with E-state index in [2.05, 4.69) is 58.1 Å². The van der Waals surface area contributed by atoms with E-state index in [9.17, 15) is 9.59 Å². The van der Waals surface area contributed by atoms with Crippen LogP contribution < -0.4 is 10.6 Å². The van der Waals surface area contributed by atoms with Crippen LogP contribution in [0.2, 0.25) is 10.0 Å². The number of rotatable bonds is 7. The lowest BCUT2D eigenvalue weighted by Crippen LogP contribution is -2.43. The van der Waals surface area contributed by atoms with Crippen LogP contribution >= 0.6 is 35.0 Å². The Morgan fingerprint density at radius 3 is 2.27 bits per heavy atom. The first-order chi connectivity index (χ1) is 19.8. The number of halogens is 2. The monoisotopic (exact) mass is 628 g/mol. The Labute approximate surface area is 259 Å². The molecule has 2 aromatic rings. The fourth-order valence-corrected chi connectivity index (χ4v) is 5.00. The molecule has 2 fully saturated rings. The van der Waals surface area contributed by atoms with E-state index in [1.807, 2.05) is 49.7 Å². The highest BCUT2D eigenvalue weighted by atomic mass is 35.5. The highest BCUT2D eigenvalue weighted by Crippen LogP contribution is 2.22. The minimum atomic E-state index is -0.230. The number of nitrogens with one attached hydrogen (secondary N) is 3. The van der Waals surface area contributed by atoms with Gasteiger partial charge in [0, 0.05) is 34.3 Å². The Hall–Kier alpha value is -2.37.